The van der Waals surface area contributed by atoms with E-state index in [1.807, 2.05) is 20.8 Å². The molecule has 0 spiro atoms. The highest BCUT2D eigenvalue weighted by Crippen LogP contribution is 2.27. The summed E-state index contributed by atoms with van der Waals surface area (Å²) in [7, 11) is -4.07. The molecule has 2 rings (SSSR count). The van der Waals surface area contributed by atoms with Gasteiger partial charge in [0.2, 0.25) is 5.91 Å². The van der Waals surface area contributed by atoms with Gasteiger partial charge in [0.05, 0.1) is 10.6 Å². The molecule has 0 atom stereocenters. The van der Waals surface area contributed by atoms with Crippen LogP contribution in [-0.2, 0) is 26.0 Å². The summed E-state index contributed by atoms with van der Waals surface area (Å²) in [5.74, 6) is -0.564. The van der Waals surface area contributed by atoms with Crippen molar-refractivity contribution in [3.05, 3.63) is 54.1 Å². The van der Waals surface area contributed by atoms with Gasteiger partial charge in [0.25, 0.3) is 10.0 Å². The Kier molecular flexibility index (Phi) is 7.96. The second-order valence-corrected chi connectivity index (χ2v) is 8.42. The Morgan fingerprint density at radius 1 is 0.862 bits per heavy atom. The van der Waals surface area contributed by atoms with Crippen LogP contribution in [0.5, 0.6) is 5.75 Å². The molecule has 0 radical (unpaired) electrons. The topological polar surface area (TPSA) is 80.8 Å². The minimum atomic E-state index is -4.07. The summed E-state index contributed by atoms with van der Waals surface area (Å²) in [6, 6.07) is 12.4. The SMILES string of the molecule is CCCC(=O)Oc1ccc(N(C(=O)CCC)S(=O)(=O)c2ccc(CC)cc2)cc1. The second-order valence-electron chi connectivity index (χ2n) is 6.63. The molecule has 1 amide bonds. The van der Waals surface area contributed by atoms with Crippen LogP contribution in [0.3, 0.4) is 0 Å². The highest BCUT2D eigenvalue weighted by atomic mass is 32.2. The maximum Gasteiger partial charge on any atom is 0.311 e. The zero-order valence-electron chi connectivity index (χ0n) is 17.1. The number of rotatable bonds is 9. The van der Waals surface area contributed by atoms with Crippen molar-refractivity contribution in [2.24, 2.45) is 0 Å². The van der Waals surface area contributed by atoms with Crippen molar-refractivity contribution >= 4 is 27.6 Å². The van der Waals surface area contributed by atoms with Crippen molar-refractivity contribution in [2.45, 2.75) is 57.8 Å². The van der Waals surface area contributed by atoms with Crippen molar-refractivity contribution in [1.82, 2.24) is 0 Å². The van der Waals surface area contributed by atoms with Gasteiger partial charge in [-0.25, -0.2) is 12.7 Å². The number of carbonyl (C=O) groups is 2. The third-order valence-corrected chi connectivity index (χ3v) is 6.08. The zero-order valence-corrected chi connectivity index (χ0v) is 17.9. The van der Waals surface area contributed by atoms with Crippen molar-refractivity contribution in [2.75, 3.05) is 4.31 Å². The molecule has 0 bridgehead atoms. The van der Waals surface area contributed by atoms with E-state index in [1.165, 1.54) is 36.4 Å². The van der Waals surface area contributed by atoms with Crippen molar-refractivity contribution in [3.63, 3.8) is 0 Å². The normalized spacial score (nSPS) is 11.1. The molecule has 0 N–H and O–H groups in total. The third kappa shape index (κ3) is 5.67. The lowest BCUT2D eigenvalue weighted by molar-refractivity contribution is -0.134. The van der Waals surface area contributed by atoms with Crippen molar-refractivity contribution in [3.8, 4) is 5.75 Å². The largest absolute Gasteiger partial charge is 0.427 e. The number of nitrogens with zero attached hydrogens (tertiary/aromatic N) is 1. The van der Waals surface area contributed by atoms with Gasteiger partial charge in [0.1, 0.15) is 5.75 Å². The Labute approximate surface area is 172 Å². The first-order valence-electron chi connectivity index (χ1n) is 9.81. The summed E-state index contributed by atoms with van der Waals surface area (Å²) >= 11 is 0. The molecule has 0 saturated heterocycles. The Morgan fingerprint density at radius 2 is 1.45 bits per heavy atom. The molecular formula is C22H27NO5S. The number of hydrogen-bond donors (Lipinski definition) is 0. The summed E-state index contributed by atoms with van der Waals surface area (Å²) < 4.78 is 32.5. The first kappa shape index (κ1) is 22.6. The number of anilines is 1. The highest BCUT2D eigenvalue weighted by molar-refractivity contribution is 7.93. The van der Waals surface area contributed by atoms with Crippen LogP contribution in [0.1, 0.15) is 52.0 Å². The van der Waals surface area contributed by atoms with Crippen LogP contribution in [0.4, 0.5) is 5.69 Å². The van der Waals surface area contributed by atoms with E-state index < -0.39 is 15.9 Å². The molecule has 2 aromatic rings. The van der Waals surface area contributed by atoms with Crippen LogP contribution < -0.4 is 9.04 Å². The Hall–Kier alpha value is -2.67. The highest BCUT2D eigenvalue weighted by Gasteiger charge is 2.30. The predicted octanol–water partition coefficient (Wildman–Crippen LogP) is 4.48. The number of hydrogen-bond acceptors (Lipinski definition) is 5. The third-order valence-electron chi connectivity index (χ3n) is 4.32. The predicted molar refractivity (Wildman–Crippen MR) is 112 cm³/mol. The van der Waals surface area contributed by atoms with Gasteiger partial charge in [-0.05, 0) is 61.2 Å². The lowest BCUT2D eigenvalue weighted by Gasteiger charge is -2.23. The van der Waals surface area contributed by atoms with Crippen LogP contribution in [0, 0.1) is 0 Å². The van der Waals surface area contributed by atoms with Gasteiger partial charge in [-0.2, -0.15) is 0 Å². The molecule has 0 unspecified atom stereocenters. The number of sulfonamides is 1. The number of amides is 1. The molecule has 156 valence electrons. The maximum atomic E-state index is 13.2. The molecular weight excluding hydrogens is 390 g/mol. The standard InChI is InChI=1S/C22H27NO5S/c1-4-7-21(24)23(29(26,27)20-15-9-17(6-3)10-16-20)18-11-13-19(14-12-18)28-22(25)8-5-2/h9-16H,4-8H2,1-3H3. The molecule has 6 nitrogen and oxygen atoms in total. The monoisotopic (exact) mass is 417 g/mol. The van der Waals surface area contributed by atoms with E-state index in [4.69, 9.17) is 4.74 Å². The number of carbonyl (C=O) groups excluding carboxylic acids is 2. The van der Waals surface area contributed by atoms with E-state index in [9.17, 15) is 18.0 Å². The quantitative estimate of drug-likeness (QED) is 0.444. The molecule has 29 heavy (non-hydrogen) atoms. The first-order valence-corrected chi connectivity index (χ1v) is 11.2. The van der Waals surface area contributed by atoms with Gasteiger partial charge in [-0.1, -0.05) is 32.9 Å². The lowest BCUT2D eigenvalue weighted by Crippen LogP contribution is -2.36. The van der Waals surface area contributed by atoms with E-state index in [0.717, 1.165) is 16.3 Å². The fourth-order valence-corrected chi connectivity index (χ4v) is 4.22. The van der Waals surface area contributed by atoms with E-state index >= 15 is 0 Å². The second kappa shape index (κ2) is 10.2. The van der Waals surface area contributed by atoms with Gasteiger partial charge in [0.15, 0.2) is 0 Å². The Morgan fingerprint density at radius 3 is 1.97 bits per heavy atom. The maximum absolute atomic E-state index is 13.2. The molecule has 0 fully saturated rings. The summed E-state index contributed by atoms with van der Waals surface area (Å²) in [6.45, 7) is 5.67. The number of esters is 1. The van der Waals surface area contributed by atoms with E-state index in [1.54, 1.807) is 12.1 Å². The fourth-order valence-electron chi connectivity index (χ4n) is 2.77. The molecule has 0 saturated carbocycles. The number of aryl methyl sites for hydroxylation is 1. The molecule has 0 heterocycles. The van der Waals surface area contributed by atoms with Gasteiger partial charge in [-0.3, -0.25) is 9.59 Å². The fraction of sp³-hybridized carbons (Fsp3) is 0.364. The Balaban J connectivity index is 2.39. The number of ether oxygens (including phenoxy) is 1. The van der Waals surface area contributed by atoms with Crippen LogP contribution in [0.15, 0.2) is 53.4 Å². The minimum absolute atomic E-state index is 0.0533. The molecule has 7 heteroatoms. The van der Waals surface area contributed by atoms with Gasteiger partial charge < -0.3 is 4.74 Å². The molecule has 2 aromatic carbocycles. The summed E-state index contributed by atoms with van der Waals surface area (Å²) in [5.41, 5.74) is 1.21. The molecule has 0 aliphatic heterocycles. The van der Waals surface area contributed by atoms with E-state index in [0.29, 0.717) is 25.0 Å². The average molecular weight is 418 g/mol. The van der Waals surface area contributed by atoms with Crippen LogP contribution in [-0.4, -0.2) is 20.3 Å². The summed E-state index contributed by atoms with van der Waals surface area (Å²) in [6.07, 6.45) is 2.37. The molecule has 0 aromatic heterocycles. The van der Waals surface area contributed by atoms with Crippen molar-refractivity contribution in [1.29, 1.82) is 0 Å². The minimum Gasteiger partial charge on any atom is -0.427 e. The van der Waals surface area contributed by atoms with Crippen molar-refractivity contribution < 1.29 is 22.7 Å². The number of benzene rings is 2. The summed E-state index contributed by atoms with van der Waals surface area (Å²) in [4.78, 5) is 24.4. The lowest BCUT2D eigenvalue weighted by atomic mass is 10.2. The zero-order chi connectivity index (χ0) is 21.4. The van der Waals surface area contributed by atoms with Gasteiger partial charge in [0, 0.05) is 12.8 Å². The molecule has 0 aliphatic rings. The summed E-state index contributed by atoms with van der Waals surface area (Å²) in [5, 5.41) is 0. The van der Waals surface area contributed by atoms with Crippen LogP contribution >= 0.6 is 0 Å². The van der Waals surface area contributed by atoms with E-state index in [-0.39, 0.29) is 23.0 Å². The van der Waals surface area contributed by atoms with E-state index in [2.05, 4.69) is 0 Å². The van der Waals surface area contributed by atoms with Gasteiger partial charge in [-0.15, -0.1) is 0 Å². The van der Waals surface area contributed by atoms with Crippen LogP contribution in [0.2, 0.25) is 0 Å². The first-order chi connectivity index (χ1) is 13.8. The van der Waals surface area contributed by atoms with Gasteiger partial charge >= 0.3 is 5.97 Å². The van der Waals surface area contributed by atoms with Crippen LogP contribution in [0.25, 0.3) is 0 Å². The Bertz CT molecular complexity index is 934. The molecule has 0 aliphatic carbocycles. The average Bonchev–Trinajstić information content (AvgIpc) is 2.70. The smallest absolute Gasteiger partial charge is 0.311 e.